The molecule has 0 aliphatic carbocycles. The van der Waals surface area contributed by atoms with Gasteiger partial charge in [-0.05, 0) is 37.6 Å². The van der Waals surface area contributed by atoms with Gasteiger partial charge < -0.3 is 14.2 Å². The van der Waals surface area contributed by atoms with Crippen molar-refractivity contribution in [2.75, 3.05) is 20.8 Å². The molecule has 170 valence electrons. The van der Waals surface area contributed by atoms with Crippen LogP contribution in [0.25, 0.3) is 6.08 Å². The van der Waals surface area contributed by atoms with Crippen LogP contribution in [0.1, 0.15) is 31.0 Å². The fraction of sp³-hybridized carbons (Fsp3) is 0.240. The number of esters is 1. The second-order valence-corrected chi connectivity index (χ2v) is 8.33. The molecule has 0 unspecified atom stereocenters. The minimum Gasteiger partial charge on any atom is -0.497 e. The van der Waals surface area contributed by atoms with Gasteiger partial charge in [0.1, 0.15) is 11.5 Å². The summed E-state index contributed by atoms with van der Waals surface area (Å²) in [5.41, 5.74) is 2.21. The molecule has 0 spiro atoms. The first-order valence-corrected chi connectivity index (χ1v) is 11.3. The zero-order valence-electron chi connectivity index (χ0n) is 18.8. The van der Waals surface area contributed by atoms with Gasteiger partial charge >= 0.3 is 5.97 Å². The van der Waals surface area contributed by atoms with Crippen LogP contribution in [0.3, 0.4) is 0 Å². The van der Waals surface area contributed by atoms with E-state index in [2.05, 4.69) is 4.99 Å². The lowest BCUT2D eigenvalue weighted by atomic mass is 9.96. The summed E-state index contributed by atoms with van der Waals surface area (Å²) in [7, 11) is 3.15. The van der Waals surface area contributed by atoms with Crippen LogP contribution >= 0.6 is 11.3 Å². The first kappa shape index (κ1) is 22.5. The second-order valence-electron chi connectivity index (χ2n) is 7.32. The molecule has 0 bridgehead atoms. The minimum absolute atomic E-state index is 0.235. The SMILES string of the molecule is CCOC(=O)C1=C(C)N=c2s/c(=C\c3ccc(OC)cc3OC)c(=O)n2[C@@H]1c1ccccc1. The summed E-state index contributed by atoms with van der Waals surface area (Å²) in [6.07, 6.45) is 1.77. The normalized spacial score (nSPS) is 15.6. The third-order valence-corrected chi connectivity index (χ3v) is 6.34. The van der Waals surface area contributed by atoms with Crippen LogP contribution in [0.5, 0.6) is 11.5 Å². The monoisotopic (exact) mass is 464 g/mol. The van der Waals surface area contributed by atoms with Crippen LogP contribution in [-0.4, -0.2) is 31.4 Å². The zero-order chi connectivity index (χ0) is 23.5. The van der Waals surface area contributed by atoms with E-state index < -0.39 is 12.0 Å². The number of methoxy groups -OCH3 is 2. The standard InChI is InChI=1S/C25H24N2O5S/c1-5-32-24(29)21-15(2)26-25-27(22(21)16-9-7-6-8-10-16)23(28)20(33-25)13-17-11-12-18(30-3)14-19(17)31-4/h6-14,22H,5H2,1-4H3/b20-13-/t22-/m1/s1. The molecule has 33 heavy (non-hydrogen) atoms. The Kier molecular flexibility index (Phi) is 6.46. The predicted molar refractivity (Wildman–Crippen MR) is 126 cm³/mol. The Morgan fingerprint density at radius 1 is 1.15 bits per heavy atom. The minimum atomic E-state index is -0.624. The van der Waals surface area contributed by atoms with Crippen LogP contribution in [0.15, 0.2) is 69.6 Å². The molecule has 0 fully saturated rings. The molecule has 8 heteroatoms. The highest BCUT2D eigenvalue weighted by molar-refractivity contribution is 7.07. The zero-order valence-corrected chi connectivity index (χ0v) is 19.6. The predicted octanol–water partition coefficient (Wildman–Crippen LogP) is 2.82. The van der Waals surface area contributed by atoms with Crippen molar-refractivity contribution in [2.24, 2.45) is 4.99 Å². The van der Waals surface area contributed by atoms with E-state index in [1.807, 2.05) is 36.4 Å². The largest absolute Gasteiger partial charge is 0.497 e. The molecule has 0 amide bonds. The van der Waals surface area contributed by atoms with Gasteiger partial charge in [-0.25, -0.2) is 9.79 Å². The van der Waals surface area contributed by atoms with Crippen molar-refractivity contribution in [3.8, 4) is 11.5 Å². The average molecular weight is 465 g/mol. The third-order valence-electron chi connectivity index (χ3n) is 5.36. The van der Waals surface area contributed by atoms with Crippen molar-refractivity contribution in [3.63, 3.8) is 0 Å². The summed E-state index contributed by atoms with van der Waals surface area (Å²) in [4.78, 5) is 31.6. The van der Waals surface area contributed by atoms with E-state index in [0.29, 0.717) is 32.1 Å². The van der Waals surface area contributed by atoms with E-state index in [1.165, 1.54) is 11.3 Å². The van der Waals surface area contributed by atoms with Gasteiger partial charge in [0.25, 0.3) is 5.56 Å². The van der Waals surface area contributed by atoms with Crippen LogP contribution in [0.4, 0.5) is 0 Å². The first-order valence-electron chi connectivity index (χ1n) is 10.4. The summed E-state index contributed by atoms with van der Waals surface area (Å²) in [5.74, 6) is 0.770. The number of rotatable bonds is 6. The molecule has 0 saturated heterocycles. The number of aromatic nitrogens is 1. The lowest BCUT2D eigenvalue weighted by Crippen LogP contribution is -2.39. The number of hydrogen-bond acceptors (Lipinski definition) is 7. The van der Waals surface area contributed by atoms with Gasteiger partial charge in [0.2, 0.25) is 0 Å². The van der Waals surface area contributed by atoms with E-state index in [-0.39, 0.29) is 12.2 Å². The number of ether oxygens (including phenoxy) is 3. The lowest BCUT2D eigenvalue weighted by molar-refractivity contribution is -0.139. The van der Waals surface area contributed by atoms with Gasteiger partial charge in [0.05, 0.1) is 42.7 Å². The maximum atomic E-state index is 13.6. The van der Waals surface area contributed by atoms with E-state index >= 15 is 0 Å². The van der Waals surface area contributed by atoms with Crippen molar-refractivity contribution >= 4 is 23.4 Å². The number of carbonyl (C=O) groups is 1. The fourth-order valence-corrected chi connectivity index (χ4v) is 4.86. The molecule has 7 nitrogen and oxygen atoms in total. The summed E-state index contributed by atoms with van der Waals surface area (Å²) < 4.78 is 18.1. The van der Waals surface area contributed by atoms with E-state index in [1.54, 1.807) is 50.8 Å². The highest BCUT2D eigenvalue weighted by Crippen LogP contribution is 2.30. The Balaban J connectivity index is 1.94. The second kappa shape index (κ2) is 9.46. The molecule has 2 aromatic carbocycles. The maximum absolute atomic E-state index is 13.6. The summed E-state index contributed by atoms with van der Waals surface area (Å²) in [5, 5.41) is 0. The van der Waals surface area contributed by atoms with Gasteiger partial charge in [0.15, 0.2) is 4.80 Å². The molecule has 1 aliphatic rings. The number of benzene rings is 2. The van der Waals surface area contributed by atoms with Crippen LogP contribution in [0.2, 0.25) is 0 Å². The topological polar surface area (TPSA) is 79.1 Å². The van der Waals surface area contributed by atoms with Crippen LogP contribution in [0, 0.1) is 0 Å². The molecule has 1 aliphatic heterocycles. The molecule has 0 radical (unpaired) electrons. The Labute approximate surface area is 194 Å². The van der Waals surface area contributed by atoms with Gasteiger partial charge in [0, 0.05) is 11.6 Å². The van der Waals surface area contributed by atoms with Crippen molar-refractivity contribution in [1.82, 2.24) is 4.57 Å². The molecule has 1 atom stereocenters. The molecule has 0 saturated carbocycles. The molecular formula is C25H24N2O5S. The van der Waals surface area contributed by atoms with Crippen LogP contribution < -0.4 is 24.4 Å². The van der Waals surface area contributed by atoms with Crippen molar-refractivity contribution in [2.45, 2.75) is 19.9 Å². The van der Waals surface area contributed by atoms with Crippen molar-refractivity contribution in [1.29, 1.82) is 0 Å². The molecule has 0 N–H and O–H groups in total. The molecule has 2 heterocycles. The molecule has 4 rings (SSSR count). The maximum Gasteiger partial charge on any atom is 0.338 e. The van der Waals surface area contributed by atoms with Gasteiger partial charge in [-0.2, -0.15) is 0 Å². The number of thiazole rings is 1. The summed E-state index contributed by atoms with van der Waals surface area (Å²) in [6.45, 7) is 3.76. The Hall–Kier alpha value is -3.65. The highest BCUT2D eigenvalue weighted by atomic mass is 32.1. The fourth-order valence-electron chi connectivity index (χ4n) is 3.82. The van der Waals surface area contributed by atoms with Crippen molar-refractivity contribution in [3.05, 3.63) is 90.6 Å². The Morgan fingerprint density at radius 3 is 2.58 bits per heavy atom. The molecule has 1 aromatic heterocycles. The number of nitrogens with zero attached hydrogens (tertiary/aromatic N) is 2. The van der Waals surface area contributed by atoms with Gasteiger partial charge in [-0.3, -0.25) is 9.36 Å². The molecular weight excluding hydrogens is 440 g/mol. The van der Waals surface area contributed by atoms with E-state index in [9.17, 15) is 9.59 Å². The summed E-state index contributed by atoms with van der Waals surface area (Å²) >= 11 is 1.27. The highest BCUT2D eigenvalue weighted by Gasteiger charge is 2.33. The molecule has 3 aromatic rings. The van der Waals surface area contributed by atoms with E-state index in [0.717, 1.165) is 11.1 Å². The first-order chi connectivity index (χ1) is 16.0. The number of allylic oxidation sites excluding steroid dienone is 1. The number of fused-ring (bicyclic) bond motifs is 1. The van der Waals surface area contributed by atoms with Crippen LogP contribution in [-0.2, 0) is 9.53 Å². The number of carbonyl (C=O) groups excluding carboxylic acids is 1. The van der Waals surface area contributed by atoms with E-state index in [4.69, 9.17) is 14.2 Å². The van der Waals surface area contributed by atoms with Gasteiger partial charge in [-0.1, -0.05) is 41.7 Å². The Morgan fingerprint density at radius 2 is 1.91 bits per heavy atom. The third kappa shape index (κ3) is 4.21. The average Bonchev–Trinajstić information content (AvgIpc) is 3.13. The quantitative estimate of drug-likeness (QED) is 0.524. The van der Waals surface area contributed by atoms with Gasteiger partial charge in [-0.15, -0.1) is 0 Å². The smallest absolute Gasteiger partial charge is 0.338 e. The number of hydrogen-bond donors (Lipinski definition) is 0. The lowest BCUT2D eigenvalue weighted by Gasteiger charge is -2.24. The van der Waals surface area contributed by atoms with Crippen molar-refractivity contribution < 1.29 is 19.0 Å². The summed E-state index contributed by atoms with van der Waals surface area (Å²) in [6, 6.07) is 14.2. The Bertz CT molecular complexity index is 1400.